The summed E-state index contributed by atoms with van der Waals surface area (Å²) in [7, 11) is 8.02. The molecule has 0 saturated carbocycles. The molecule has 0 fully saturated rings. The molecule has 0 aliphatic carbocycles. The topological polar surface area (TPSA) is 23.6 Å². The summed E-state index contributed by atoms with van der Waals surface area (Å²) in [6, 6.07) is 36.8. The highest BCUT2D eigenvalue weighted by Crippen LogP contribution is 2.37. The summed E-state index contributed by atoms with van der Waals surface area (Å²) in [6.07, 6.45) is 0. The average molecular weight is 501 g/mol. The average Bonchev–Trinajstić information content (AvgIpc) is 2.92. The van der Waals surface area contributed by atoms with Crippen molar-refractivity contribution in [3.63, 3.8) is 0 Å². The van der Waals surface area contributed by atoms with Crippen LogP contribution in [-0.4, -0.2) is 43.8 Å². The van der Waals surface area contributed by atoms with Crippen molar-refractivity contribution in [1.29, 1.82) is 0 Å². The lowest BCUT2D eigenvalue weighted by Gasteiger charge is -2.26. The predicted octanol–water partition coefficient (Wildman–Crippen LogP) is 7.43. The second kappa shape index (κ2) is 11.8. The first-order valence-corrected chi connectivity index (χ1v) is 12.9. The van der Waals surface area contributed by atoms with Gasteiger partial charge in [-0.1, -0.05) is 120 Å². The molecule has 0 unspecified atom stereocenters. The first-order chi connectivity index (χ1) is 18.3. The molecular weight excluding hydrogens is 464 g/mol. The summed E-state index contributed by atoms with van der Waals surface area (Å²) >= 11 is 0. The van der Waals surface area contributed by atoms with E-state index in [0.717, 1.165) is 33.6 Å². The molecule has 0 radical (unpaired) electrons. The Morgan fingerprint density at radius 2 is 0.763 bits per heavy atom. The van der Waals surface area contributed by atoms with E-state index in [0.29, 0.717) is 11.1 Å². The Balaban J connectivity index is 2.11. The van der Waals surface area contributed by atoms with Crippen LogP contribution in [0.5, 0.6) is 0 Å². The van der Waals surface area contributed by atoms with E-state index in [2.05, 4.69) is 72.2 Å². The molecule has 192 valence electrons. The molecule has 0 aromatic heterocycles. The molecule has 0 aliphatic rings. The summed E-state index contributed by atoms with van der Waals surface area (Å²) < 4.78 is 0. The molecule has 38 heavy (non-hydrogen) atoms. The SMILES string of the molecule is Cc1ccc(C(=C(C(=O)C(=C(c2ccc(C)cc2)N(C)C)c2ccccc2)c2ccccc2)N(C)C)cc1. The molecule has 0 bridgehead atoms. The Morgan fingerprint density at radius 3 is 1.05 bits per heavy atom. The molecule has 0 atom stereocenters. The Morgan fingerprint density at radius 1 is 0.447 bits per heavy atom. The van der Waals surface area contributed by atoms with Crippen LogP contribution in [0, 0.1) is 13.8 Å². The van der Waals surface area contributed by atoms with Crippen molar-refractivity contribution in [1.82, 2.24) is 9.80 Å². The van der Waals surface area contributed by atoms with Gasteiger partial charge in [-0.2, -0.15) is 0 Å². The number of hydrogen-bond acceptors (Lipinski definition) is 3. The van der Waals surface area contributed by atoms with Crippen molar-refractivity contribution in [3.05, 3.63) is 143 Å². The molecule has 4 aromatic rings. The van der Waals surface area contributed by atoms with E-state index in [4.69, 9.17) is 0 Å². The fourth-order valence-corrected chi connectivity index (χ4v) is 4.76. The number of carbonyl (C=O) groups excluding carboxylic acids is 1. The number of aryl methyl sites for hydroxylation is 2. The van der Waals surface area contributed by atoms with E-state index >= 15 is 4.79 Å². The van der Waals surface area contributed by atoms with Crippen LogP contribution in [0.25, 0.3) is 22.5 Å². The smallest absolute Gasteiger partial charge is 0.198 e. The molecule has 0 aliphatic heterocycles. The van der Waals surface area contributed by atoms with Crippen LogP contribution in [0.4, 0.5) is 0 Å². The summed E-state index contributed by atoms with van der Waals surface area (Å²) in [4.78, 5) is 19.1. The first-order valence-electron chi connectivity index (χ1n) is 12.9. The lowest BCUT2D eigenvalue weighted by atomic mass is 9.86. The number of rotatable bonds is 8. The maximum absolute atomic E-state index is 15.0. The molecule has 3 heteroatoms. The quantitative estimate of drug-likeness (QED) is 0.186. The predicted molar refractivity (Wildman–Crippen MR) is 161 cm³/mol. The van der Waals surface area contributed by atoms with Gasteiger partial charge in [0.25, 0.3) is 0 Å². The lowest BCUT2D eigenvalue weighted by molar-refractivity contribution is -0.108. The van der Waals surface area contributed by atoms with Crippen molar-refractivity contribution >= 4 is 28.3 Å². The molecule has 0 amide bonds. The minimum Gasteiger partial charge on any atom is -0.377 e. The van der Waals surface area contributed by atoms with Crippen molar-refractivity contribution < 1.29 is 4.79 Å². The summed E-state index contributed by atoms with van der Waals surface area (Å²) in [5, 5.41) is 0. The highest BCUT2D eigenvalue weighted by Gasteiger charge is 2.28. The van der Waals surface area contributed by atoms with E-state index < -0.39 is 0 Å². The maximum atomic E-state index is 15.0. The first kappa shape index (κ1) is 26.7. The van der Waals surface area contributed by atoms with E-state index in [1.165, 1.54) is 11.1 Å². The number of ketones is 1. The number of nitrogens with zero attached hydrogens (tertiary/aromatic N) is 2. The molecule has 0 heterocycles. The number of Topliss-reactive ketones (excluding diaryl/α,β-unsaturated/α-hetero) is 1. The minimum atomic E-state index is -0.0176. The Hall–Kier alpha value is -4.37. The van der Waals surface area contributed by atoms with E-state index in [1.807, 2.05) is 88.9 Å². The van der Waals surface area contributed by atoms with Gasteiger partial charge < -0.3 is 9.80 Å². The third kappa shape index (κ3) is 5.78. The van der Waals surface area contributed by atoms with Crippen LogP contribution in [-0.2, 0) is 4.79 Å². The number of hydrogen-bond donors (Lipinski definition) is 0. The fourth-order valence-electron chi connectivity index (χ4n) is 4.76. The van der Waals surface area contributed by atoms with Crippen molar-refractivity contribution in [2.75, 3.05) is 28.2 Å². The van der Waals surface area contributed by atoms with Gasteiger partial charge in [0, 0.05) is 28.2 Å². The van der Waals surface area contributed by atoms with Gasteiger partial charge in [0.1, 0.15) is 0 Å². The van der Waals surface area contributed by atoms with Crippen molar-refractivity contribution in [2.45, 2.75) is 13.8 Å². The zero-order chi connectivity index (χ0) is 27.2. The van der Waals surface area contributed by atoms with E-state index in [-0.39, 0.29) is 5.78 Å². The van der Waals surface area contributed by atoms with Crippen LogP contribution in [0.2, 0.25) is 0 Å². The second-order valence-electron chi connectivity index (χ2n) is 10.0. The molecule has 0 spiro atoms. The molecule has 4 rings (SSSR count). The third-order valence-corrected chi connectivity index (χ3v) is 6.60. The largest absolute Gasteiger partial charge is 0.377 e. The monoisotopic (exact) mass is 500 g/mol. The summed E-state index contributed by atoms with van der Waals surface area (Å²) in [5.41, 5.74) is 9.25. The number of carbonyl (C=O) groups is 1. The van der Waals surface area contributed by atoms with Crippen LogP contribution in [0.1, 0.15) is 33.4 Å². The molecule has 0 saturated heterocycles. The van der Waals surface area contributed by atoms with E-state index in [9.17, 15) is 0 Å². The Kier molecular flexibility index (Phi) is 8.28. The molecular formula is C35H36N2O. The molecule has 4 aromatic carbocycles. The van der Waals surface area contributed by atoms with Crippen LogP contribution < -0.4 is 0 Å². The van der Waals surface area contributed by atoms with Crippen molar-refractivity contribution in [2.24, 2.45) is 0 Å². The number of allylic oxidation sites excluding steroid dienone is 2. The highest BCUT2D eigenvalue weighted by molar-refractivity contribution is 6.48. The van der Waals surface area contributed by atoms with Gasteiger partial charge >= 0.3 is 0 Å². The lowest BCUT2D eigenvalue weighted by Crippen LogP contribution is -2.20. The van der Waals surface area contributed by atoms with Gasteiger partial charge in [0.05, 0.1) is 22.5 Å². The Bertz CT molecular complexity index is 1330. The highest BCUT2D eigenvalue weighted by atomic mass is 16.1. The third-order valence-electron chi connectivity index (χ3n) is 6.60. The van der Waals surface area contributed by atoms with Gasteiger partial charge in [-0.3, -0.25) is 4.79 Å². The minimum absolute atomic E-state index is 0.0176. The number of benzene rings is 4. The maximum Gasteiger partial charge on any atom is 0.198 e. The Labute approximate surface area is 227 Å². The van der Waals surface area contributed by atoms with Gasteiger partial charge in [-0.25, -0.2) is 0 Å². The van der Waals surface area contributed by atoms with Crippen LogP contribution in [0.15, 0.2) is 109 Å². The normalized spacial score (nSPS) is 12.4. The van der Waals surface area contributed by atoms with E-state index in [1.54, 1.807) is 0 Å². The zero-order valence-electron chi connectivity index (χ0n) is 23.2. The van der Waals surface area contributed by atoms with Crippen molar-refractivity contribution in [3.8, 4) is 0 Å². The van der Waals surface area contributed by atoms with Crippen LogP contribution in [0.3, 0.4) is 0 Å². The summed E-state index contributed by atoms with van der Waals surface area (Å²) in [6.45, 7) is 4.15. The van der Waals surface area contributed by atoms with Gasteiger partial charge in [-0.15, -0.1) is 0 Å². The van der Waals surface area contributed by atoms with Gasteiger partial charge in [0.15, 0.2) is 5.78 Å². The zero-order valence-corrected chi connectivity index (χ0v) is 23.2. The van der Waals surface area contributed by atoms with Gasteiger partial charge in [0.2, 0.25) is 0 Å². The van der Waals surface area contributed by atoms with Gasteiger partial charge in [-0.05, 0) is 36.1 Å². The second-order valence-corrected chi connectivity index (χ2v) is 10.0. The molecule has 3 nitrogen and oxygen atoms in total. The van der Waals surface area contributed by atoms with Crippen LogP contribution >= 0.6 is 0 Å². The summed E-state index contributed by atoms with van der Waals surface area (Å²) in [5.74, 6) is -0.0176. The fraction of sp³-hybridized carbons (Fsp3) is 0.171. The standard InChI is InChI=1S/C35H36N2O/c1-25-17-21-29(22-18-25)33(36(3)4)31(27-13-9-7-10-14-27)35(38)32(28-15-11-8-12-16-28)34(37(5)6)30-23-19-26(2)20-24-30/h7-24H,1-6H3. The molecule has 0 N–H and O–H groups in total.